The number of ether oxygens (including phenoxy) is 1. The van der Waals surface area contributed by atoms with Gasteiger partial charge in [0.15, 0.2) is 5.69 Å². The van der Waals surface area contributed by atoms with Crippen LogP contribution in [0.4, 0.5) is 0 Å². The van der Waals surface area contributed by atoms with Gasteiger partial charge in [-0.1, -0.05) is 36.4 Å². The largest absolute Gasteiger partial charge is 0.461 e. The normalized spacial score (nSPS) is 13.0. The van der Waals surface area contributed by atoms with Crippen molar-refractivity contribution < 1.29 is 19.1 Å². The van der Waals surface area contributed by atoms with Crippen molar-refractivity contribution in [3.8, 4) is 10.6 Å². The number of carbonyl (C=O) groups is 3. The van der Waals surface area contributed by atoms with Gasteiger partial charge in [0, 0.05) is 10.9 Å². The second-order valence-electron chi connectivity index (χ2n) is 6.16. The molecule has 3 aromatic rings. The molecule has 0 radical (unpaired) electrons. The van der Waals surface area contributed by atoms with E-state index in [1.54, 1.807) is 36.6 Å². The summed E-state index contributed by atoms with van der Waals surface area (Å²) in [5.41, 5.74) is 2.64. The Morgan fingerprint density at radius 3 is 2.25 bits per heavy atom. The predicted octanol–water partition coefficient (Wildman–Crippen LogP) is 3.78. The number of aromatic nitrogens is 1. The van der Waals surface area contributed by atoms with E-state index in [9.17, 15) is 14.4 Å². The number of hydrogen-bond acceptors (Lipinski definition) is 6. The van der Waals surface area contributed by atoms with Gasteiger partial charge in [-0.2, -0.15) is 0 Å². The third-order valence-corrected chi connectivity index (χ3v) is 5.32. The van der Waals surface area contributed by atoms with E-state index in [1.165, 1.54) is 16.2 Å². The lowest BCUT2D eigenvalue weighted by Gasteiger charge is -2.16. The van der Waals surface area contributed by atoms with Crippen LogP contribution in [0.2, 0.25) is 0 Å². The molecule has 1 aromatic heterocycles. The topological polar surface area (TPSA) is 76.6 Å². The van der Waals surface area contributed by atoms with Crippen molar-refractivity contribution in [3.63, 3.8) is 0 Å². The van der Waals surface area contributed by atoms with Crippen molar-refractivity contribution in [1.29, 1.82) is 0 Å². The number of imide groups is 1. The van der Waals surface area contributed by atoms with Crippen LogP contribution in [0.15, 0.2) is 53.9 Å². The summed E-state index contributed by atoms with van der Waals surface area (Å²) in [6.45, 7) is 2.15. The van der Waals surface area contributed by atoms with Gasteiger partial charge in [-0.25, -0.2) is 9.78 Å². The van der Waals surface area contributed by atoms with Crippen LogP contribution < -0.4 is 0 Å². The van der Waals surface area contributed by atoms with Gasteiger partial charge in [-0.15, -0.1) is 11.3 Å². The molecule has 7 heteroatoms. The Labute approximate surface area is 165 Å². The maximum atomic E-state index is 12.7. The smallest absolute Gasteiger partial charge is 0.357 e. The quantitative estimate of drug-likeness (QED) is 0.488. The summed E-state index contributed by atoms with van der Waals surface area (Å²) in [7, 11) is 0. The van der Waals surface area contributed by atoms with Gasteiger partial charge in [0.05, 0.1) is 24.3 Å². The molecule has 4 rings (SSSR count). The van der Waals surface area contributed by atoms with E-state index < -0.39 is 5.97 Å². The molecule has 1 aliphatic rings. The Morgan fingerprint density at radius 1 is 1.00 bits per heavy atom. The number of nitrogens with zero attached hydrogens (tertiary/aromatic N) is 2. The minimum atomic E-state index is -0.470. The first-order chi connectivity index (χ1) is 13.6. The molecule has 140 valence electrons. The molecule has 2 aromatic carbocycles. The van der Waals surface area contributed by atoms with Crippen LogP contribution in [0.3, 0.4) is 0 Å². The lowest BCUT2D eigenvalue weighted by Crippen LogP contribution is -2.29. The number of carbonyl (C=O) groups excluding carboxylic acids is 3. The lowest BCUT2D eigenvalue weighted by molar-refractivity contribution is 0.0519. The van der Waals surface area contributed by atoms with Gasteiger partial charge in [0.1, 0.15) is 5.01 Å². The van der Waals surface area contributed by atoms with E-state index in [0.29, 0.717) is 16.1 Å². The predicted molar refractivity (Wildman–Crippen MR) is 104 cm³/mol. The molecule has 0 atom stereocenters. The SMILES string of the molecule is CCOC(=O)c1csc(-c2ccccc2CN2C(=O)c3ccccc3C2=O)n1. The summed E-state index contributed by atoms with van der Waals surface area (Å²) in [5, 5.41) is 2.28. The highest BCUT2D eigenvalue weighted by atomic mass is 32.1. The van der Waals surface area contributed by atoms with Gasteiger partial charge in [-0.3, -0.25) is 14.5 Å². The zero-order valence-corrected chi connectivity index (χ0v) is 15.9. The molecular weight excluding hydrogens is 376 g/mol. The molecule has 0 saturated heterocycles. The molecule has 0 saturated carbocycles. The van der Waals surface area contributed by atoms with Crippen molar-refractivity contribution in [2.75, 3.05) is 6.61 Å². The van der Waals surface area contributed by atoms with Crippen LogP contribution in [0.5, 0.6) is 0 Å². The van der Waals surface area contributed by atoms with Crippen molar-refractivity contribution in [2.45, 2.75) is 13.5 Å². The second-order valence-corrected chi connectivity index (χ2v) is 7.02. The molecule has 0 N–H and O–H groups in total. The lowest BCUT2D eigenvalue weighted by atomic mass is 10.1. The van der Waals surface area contributed by atoms with Gasteiger partial charge in [0.2, 0.25) is 0 Å². The summed E-state index contributed by atoms with van der Waals surface area (Å²) in [5.74, 6) is -1.08. The standard InChI is InChI=1S/C21H16N2O4S/c1-2-27-21(26)17-12-28-18(22-17)14-8-4-3-7-13(14)11-23-19(24)15-9-5-6-10-16(15)20(23)25/h3-10,12H,2,11H2,1H3. The van der Waals surface area contributed by atoms with E-state index in [-0.39, 0.29) is 30.7 Å². The molecule has 28 heavy (non-hydrogen) atoms. The first-order valence-electron chi connectivity index (χ1n) is 8.76. The van der Waals surface area contributed by atoms with Crippen LogP contribution in [0.25, 0.3) is 10.6 Å². The van der Waals surface area contributed by atoms with E-state index in [1.807, 2.05) is 24.3 Å². The Balaban J connectivity index is 1.64. The fourth-order valence-corrected chi connectivity index (χ4v) is 3.97. The summed E-state index contributed by atoms with van der Waals surface area (Å²) >= 11 is 1.32. The molecule has 6 nitrogen and oxygen atoms in total. The Bertz CT molecular complexity index is 1050. The van der Waals surface area contributed by atoms with Crippen molar-refractivity contribution in [2.24, 2.45) is 0 Å². The zero-order valence-electron chi connectivity index (χ0n) is 15.0. The average molecular weight is 392 g/mol. The van der Waals surface area contributed by atoms with E-state index in [0.717, 1.165) is 11.1 Å². The molecule has 0 unspecified atom stereocenters. The number of fused-ring (bicyclic) bond motifs is 1. The molecule has 1 aliphatic heterocycles. The van der Waals surface area contributed by atoms with Crippen LogP contribution in [-0.4, -0.2) is 34.3 Å². The third kappa shape index (κ3) is 3.10. The minimum absolute atomic E-state index is 0.136. The highest BCUT2D eigenvalue weighted by Gasteiger charge is 2.35. The van der Waals surface area contributed by atoms with Gasteiger partial charge in [-0.05, 0) is 24.6 Å². The Morgan fingerprint density at radius 2 is 1.61 bits per heavy atom. The molecule has 0 bridgehead atoms. The van der Waals surface area contributed by atoms with Gasteiger partial charge in [0.25, 0.3) is 11.8 Å². The van der Waals surface area contributed by atoms with Crippen LogP contribution >= 0.6 is 11.3 Å². The monoisotopic (exact) mass is 392 g/mol. The van der Waals surface area contributed by atoms with Crippen molar-refractivity contribution in [3.05, 3.63) is 76.3 Å². The minimum Gasteiger partial charge on any atom is -0.461 e. The highest BCUT2D eigenvalue weighted by molar-refractivity contribution is 7.13. The van der Waals surface area contributed by atoms with Gasteiger partial charge >= 0.3 is 5.97 Å². The Hall–Kier alpha value is -3.32. The van der Waals surface area contributed by atoms with Crippen molar-refractivity contribution >= 4 is 29.1 Å². The number of rotatable bonds is 5. The van der Waals surface area contributed by atoms with Crippen molar-refractivity contribution in [1.82, 2.24) is 9.88 Å². The molecule has 2 heterocycles. The summed E-state index contributed by atoms with van der Waals surface area (Å²) in [4.78, 5) is 42.8. The number of benzene rings is 2. The van der Waals surface area contributed by atoms with E-state index >= 15 is 0 Å². The fourth-order valence-electron chi connectivity index (χ4n) is 3.12. The molecule has 0 spiro atoms. The van der Waals surface area contributed by atoms with Crippen LogP contribution in [0, 0.1) is 0 Å². The van der Waals surface area contributed by atoms with Crippen LogP contribution in [0.1, 0.15) is 43.7 Å². The zero-order chi connectivity index (χ0) is 19.7. The molecule has 2 amide bonds. The number of thiazole rings is 1. The fraction of sp³-hybridized carbons (Fsp3) is 0.143. The maximum Gasteiger partial charge on any atom is 0.357 e. The summed E-state index contributed by atoms with van der Waals surface area (Å²) in [6, 6.07) is 14.2. The molecule has 0 aliphatic carbocycles. The van der Waals surface area contributed by atoms with Gasteiger partial charge < -0.3 is 4.74 Å². The average Bonchev–Trinajstić information content (AvgIpc) is 3.29. The second kappa shape index (κ2) is 7.36. The molecular formula is C21H16N2O4S. The Kier molecular flexibility index (Phi) is 4.75. The number of hydrogen-bond donors (Lipinski definition) is 0. The first kappa shape index (κ1) is 18.1. The number of esters is 1. The number of amides is 2. The third-order valence-electron chi connectivity index (χ3n) is 4.44. The summed E-state index contributed by atoms with van der Waals surface area (Å²) in [6.07, 6.45) is 0. The maximum absolute atomic E-state index is 12.7. The highest BCUT2D eigenvalue weighted by Crippen LogP contribution is 2.30. The van der Waals surface area contributed by atoms with Crippen LogP contribution in [-0.2, 0) is 11.3 Å². The van der Waals surface area contributed by atoms with E-state index in [4.69, 9.17) is 4.74 Å². The summed E-state index contributed by atoms with van der Waals surface area (Å²) < 4.78 is 4.99. The van der Waals surface area contributed by atoms with E-state index in [2.05, 4.69) is 4.98 Å². The first-order valence-corrected chi connectivity index (χ1v) is 9.64. The molecule has 0 fully saturated rings.